The fourth-order valence-electron chi connectivity index (χ4n) is 9.63. The van der Waals surface area contributed by atoms with Gasteiger partial charge in [0.2, 0.25) is 0 Å². The molecule has 0 saturated carbocycles. The van der Waals surface area contributed by atoms with Gasteiger partial charge in [-0.3, -0.25) is 29.0 Å². The lowest BCUT2D eigenvalue weighted by atomic mass is 9.92. The number of rotatable bonds is 15. The van der Waals surface area contributed by atoms with Crippen molar-refractivity contribution in [1.29, 1.82) is 0 Å². The molecule has 4 aliphatic rings. The molecule has 0 bridgehead atoms. The molecule has 4 heterocycles. The summed E-state index contributed by atoms with van der Waals surface area (Å²) in [5, 5.41) is 12.4. The Hall–Kier alpha value is -8.72. The van der Waals surface area contributed by atoms with E-state index in [4.69, 9.17) is 37.9 Å². The summed E-state index contributed by atoms with van der Waals surface area (Å²) in [6.45, 7) is -1.47. The minimum atomic E-state index is -2.10. The maximum atomic E-state index is 14.7. The van der Waals surface area contributed by atoms with Gasteiger partial charge >= 0.3 is 23.9 Å². The lowest BCUT2D eigenvalue weighted by Crippen LogP contribution is -2.71. The molecule has 0 radical (unpaired) electrons. The average Bonchev–Trinajstić information content (AvgIpc) is 3.90. The van der Waals surface area contributed by atoms with Crippen molar-refractivity contribution in [2.24, 2.45) is 0 Å². The Balaban J connectivity index is 1.12. The van der Waals surface area contributed by atoms with Crippen LogP contribution in [0.2, 0.25) is 0 Å². The standard InChI is InChI=1S/C57H46N2O17/c1-69-56-43(59-50(63)38-28-16-17-29-39(38)51(59)64)47(75-55(68)35-24-12-5-13-25-35)45(41(73-56)31-71-53(66)33-20-8-3-9-21-33)76-57-42(58-48(61)36-26-14-15-27-37(36)49(58)62)46(74-54(67)34-22-10-4-11-23-34)44(60)40(72-57)30-70-52(65)32-18-6-2-7-19-32/h2-29,40-47,56-57,60H,30-31H2,1H3/t40?,41?,42-,43+,44?,45-,46+,47?,56-,57?/m0/s1. The average molecular weight is 1030 g/mol. The molecular weight excluding hydrogens is 985 g/mol. The van der Waals surface area contributed by atoms with Crippen LogP contribution in [0, 0.1) is 0 Å². The molecule has 4 amide bonds. The number of benzene rings is 6. The minimum absolute atomic E-state index is 0.00173. The fourth-order valence-corrected chi connectivity index (χ4v) is 9.63. The molecular formula is C57H46N2O17. The summed E-state index contributed by atoms with van der Waals surface area (Å²) in [6, 6.07) is 39.1. The van der Waals surface area contributed by atoms with Crippen LogP contribution in [0.4, 0.5) is 0 Å². The fraction of sp³-hybridized carbons (Fsp3) is 0.228. The molecule has 0 aliphatic carbocycles. The van der Waals surface area contributed by atoms with Crippen LogP contribution in [0.1, 0.15) is 82.9 Å². The summed E-state index contributed by atoms with van der Waals surface area (Å²) in [7, 11) is 1.21. The predicted molar refractivity (Wildman–Crippen MR) is 261 cm³/mol. The zero-order valence-corrected chi connectivity index (χ0v) is 40.2. The number of aliphatic hydroxyl groups excluding tert-OH is 1. The molecule has 2 saturated heterocycles. The number of methoxy groups -OCH3 is 1. The Morgan fingerprint density at radius 3 is 1.16 bits per heavy atom. The first-order valence-electron chi connectivity index (χ1n) is 24.0. The number of nitrogens with zero attached hydrogens (tertiary/aromatic N) is 2. The van der Waals surface area contributed by atoms with E-state index >= 15 is 0 Å². The normalized spacial score (nSPS) is 24.8. The Kier molecular flexibility index (Phi) is 14.7. The van der Waals surface area contributed by atoms with Gasteiger partial charge in [0.1, 0.15) is 49.7 Å². The number of esters is 4. The number of aliphatic hydroxyl groups is 1. The number of carbonyl (C=O) groups is 8. The maximum Gasteiger partial charge on any atom is 0.338 e. The summed E-state index contributed by atoms with van der Waals surface area (Å²) in [6.07, 6.45) is -14.8. The van der Waals surface area contributed by atoms with Crippen LogP contribution in [0.25, 0.3) is 0 Å². The summed E-state index contributed by atoms with van der Waals surface area (Å²) in [4.78, 5) is 116. The number of hydrogen-bond acceptors (Lipinski definition) is 17. The van der Waals surface area contributed by atoms with Crippen LogP contribution in [-0.2, 0) is 37.9 Å². The highest BCUT2D eigenvalue weighted by atomic mass is 16.7. The van der Waals surface area contributed by atoms with Crippen molar-refractivity contribution in [2.45, 2.75) is 61.3 Å². The molecule has 2 fully saturated rings. The van der Waals surface area contributed by atoms with E-state index in [1.807, 2.05) is 0 Å². The van der Waals surface area contributed by atoms with Gasteiger partial charge in [0.25, 0.3) is 23.6 Å². The third kappa shape index (κ3) is 9.87. The molecule has 10 atom stereocenters. The van der Waals surface area contributed by atoms with Crippen molar-refractivity contribution in [2.75, 3.05) is 20.3 Å². The monoisotopic (exact) mass is 1030 g/mol. The van der Waals surface area contributed by atoms with Gasteiger partial charge in [0.15, 0.2) is 24.8 Å². The first-order valence-corrected chi connectivity index (χ1v) is 24.0. The molecule has 76 heavy (non-hydrogen) atoms. The number of ether oxygens (including phenoxy) is 8. The zero-order valence-electron chi connectivity index (χ0n) is 40.2. The molecule has 19 heteroatoms. The highest BCUT2D eigenvalue weighted by Crippen LogP contribution is 2.40. The number of carbonyl (C=O) groups excluding carboxylic acids is 8. The maximum absolute atomic E-state index is 14.7. The lowest BCUT2D eigenvalue weighted by Gasteiger charge is -2.51. The van der Waals surface area contributed by atoms with E-state index in [2.05, 4.69) is 0 Å². The highest BCUT2D eigenvalue weighted by molar-refractivity contribution is 6.22. The zero-order chi connectivity index (χ0) is 53.0. The van der Waals surface area contributed by atoms with Gasteiger partial charge in [-0.05, 0) is 72.8 Å². The summed E-state index contributed by atoms with van der Waals surface area (Å²) < 4.78 is 49.9. The van der Waals surface area contributed by atoms with Gasteiger partial charge < -0.3 is 43.0 Å². The van der Waals surface area contributed by atoms with Crippen molar-refractivity contribution >= 4 is 47.5 Å². The molecule has 0 spiro atoms. The topological polar surface area (TPSA) is 237 Å². The third-order valence-corrected chi connectivity index (χ3v) is 13.3. The van der Waals surface area contributed by atoms with Gasteiger partial charge in [0, 0.05) is 7.11 Å². The molecule has 4 aliphatic heterocycles. The Morgan fingerprint density at radius 1 is 0.434 bits per heavy atom. The van der Waals surface area contributed by atoms with Crippen molar-refractivity contribution in [3.05, 3.63) is 214 Å². The van der Waals surface area contributed by atoms with Gasteiger partial charge in [0.05, 0.1) is 44.5 Å². The third-order valence-electron chi connectivity index (χ3n) is 13.3. The predicted octanol–water partition coefficient (Wildman–Crippen LogP) is 5.32. The van der Waals surface area contributed by atoms with Crippen molar-refractivity contribution in [3.8, 4) is 0 Å². The lowest BCUT2D eigenvalue weighted by molar-refractivity contribution is -0.337. The van der Waals surface area contributed by atoms with E-state index in [0.717, 1.165) is 4.90 Å². The number of hydrogen-bond donors (Lipinski definition) is 1. The second-order valence-electron chi connectivity index (χ2n) is 17.8. The van der Waals surface area contributed by atoms with Gasteiger partial charge in [-0.25, -0.2) is 19.2 Å². The molecule has 5 unspecified atom stereocenters. The van der Waals surface area contributed by atoms with E-state index < -0.39 is 122 Å². The van der Waals surface area contributed by atoms with Gasteiger partial charge in [-0.2, -0.15) is 0 Å². The van der Waals surface area contributed by atoms with E-state index in [1.54, 1.807) is 84.9 Å². The van der Waals surface area contributed by atoms with Crippen molar-refractivity contribution in [1.82, 2.24) is 9.80 Å². The Labute approximate surface area is 433 Å². The van der Waals surface area contributed by atoms with Crippen molar-refractivity contribution < 1.29 is 81.4 Å². The van der Waals surface area contributed by atoms with E-state index in [1.165, 1.54) is 92.0 Å². The molecule has 6 aromatic carbocycles. The quantitative estimate of drug-likeness (QED) is 0.0778. The van der Waals surface area contributed by atoms with E-state index in [9.17, 15) is 43.5 Å². The number of imide groups is 2. The van der Waals surface area contributed by atoms with Crippen LogP contribution in [0.3, 0.4) is 0 Å². The summed E-state index contributed by atoms with van der Waals surface area (Å²) in [5.41, 5.74) is 0.112. The largest absolute Gasteiger partial charge is 0.459 e. The minimum Gasteiger partial charge on any atom is -0.459 e. The van der Waals surface area contributed by atoms with Crippen LogP contribution in [0.5, 0.6) is 0 Å². The van der Waals surface area contributed by atoms with E-state index in [0.29, 0.717) is 4.90 Å². The van der Waals surface area contributed by atoms with Gasteiger partial charge in [-0.15, -0.1) is 0 Å². The molecule has 10 rings (SSSR count). The molecule has 1 N–H and O–H groups in total. The second kappa shape index (κ2) is 22.0. The Morgan fingerprint density at radius 2 is 0.763 bits per heavy atom. The molecule has 386 valence electrons. The van der Waals surface area contributed by atoms with Crippen LogP contribution < -0.4 is 0 Å². The van der Waals surface area contributed by atoms with E-state index in [-0.39, 0.29) is 44.5 Å². The highest BCUT2D eigenvalue weighted by Gasteiger charge is 2.61. The van der Waals surface area contributed by atoms with Crippen LogP contribution >= 0.6 is 0 Å². The molecule has 0 aromatic heterocycles. The first kappa shape index (κ1) is 50.8. The summed E-state index contributed by atoms with van der Waals surface area (Å²) in [5.74, 6) is -7.24. The van der Waals surface area contributed by atoms with Crippen LogP contribution in [0.15, 0.2) is 170 Å². The number of amides is 4. The second-order valence-corrected chi connectivity index (χ2v) is 17.8. The SMILES string of the molecule is CO[C@H]1OC(COC(=O)c2ccccc2)[C@H](OC2OC(COC(=O)c3ccccc3)C(O)[C@H](OC(=O)c3ccccc3)[C@@H]2N2C(=O)c3ccccc3C2=O)C(OC(=O)c2ccccc2)[C@H]1N1C(=O)c2ccccc2C1=O. The number of fused-ring (bicyclic) bond motifs is 2. The smallest absolute Gasteiger partial charge is 0.338 e. The van der Waals surface area contributed by atoms with Crippen LogP contribution in [-0.4, -0.2) is 144 Å². The first-order chi connectivity index (χ1) is 36.9. The Bertz CT molecular complexity index is 3110. The molecule has 19 nitrogen and oxygen atoms in total. The van der Waals surface area contributed by atoms with Gasteiger partial charge in [-0.1, -0.05) is 97.1 Å². The molecule has 6 aromatic rings. The van der Waals surface area contributed by atoms with Crippen molar-refractivity contribution in [3.63, 3.8) is 0 Å². The summed E-state index contributed by atoms with van der Waals surface area (Å²) >= 11 is 0.